The molecule has 3 aromatic rings. The zero-order valence-corrected chi connectivity index (χ0v) is 22.5. The Morgan fingerprint density at radius 1 is 1.02 bits per heavy atom. The van der Waals surface area contributed by atoms with Crippen LogP contribution in [0.1, 0.15) is 81.4 Å². The molecule has 216 valence electrons. The number of hydrogen-bond acceptors (Lipinski definition) is 4. The van der Waals surface area contributed by atoms with Gasteiger partial charge in [-0.15, -0.1) is 0 Å². The molecule has 1 saturated carbocycles. The lowest BCUT2D eigenvalue weighted by Crippen LogP contribution is -2.46. The van der Waals surface area contributed by atoms with E-state index < -0.39 is 18.6 Å². The number of piperidine rings is 1. The Kier molecular flexibility index (Phi) is 7.35. The van der Waals surface area contributed by atoms with E-state index in [0.717, 1.165) is 24.8 Å². The molecule has 1 saturated heterocycles. The number of carbonyl (C=O) groups excluding carboxylic acids is 1. The third-order valence-electron chi connectivity index (χ3n) is 9.13. The molecule has 5 heterocycles. The second-order valence-electron chi connectivity index (χ2n) is 11.6. The van der Waals surface area contributed by atoms with Gasteiger partial charge in [0.1, 0.15) is 5.82 Å². The van der Waals surface area contributed by atoms with Crippen molar-refractivity contribution >= 4 is 17.2 Å². The third-order valence-corrected chi connectivity index (χ3v) is 9.13. The van der Waals surface area contributed by atoms with E-state index in [1.807, 2.05) is 6.07 Å². The summed E-state index contributed by atoms with van der Waals surface area (Å²) in [6, 6.07) is 2.93. The van der Waals surface area contributed by atoms with E-state index in [4.69, 9.17) is 0 Å². The summed E-state index contributed by atoms with van der Waals surface area (Å²) in [4.78, 5) is 39.2. The number of alkyl halides is 3. The lowest BCUT2D eigenvalue weighted by molar-refractivity contribution is -0.128. The Bertz CT molecular complexity index is 1400. The zero-order valence-electron chi connectivity index (χ0n) is 22.5. The van der Waals surface area contributed by atoms with Crippen molar-refractivity contribution in [3.63, 3.8) is 0 Å². The number of halogens is 3. The number of likely N-dealkylation sites (tertiary alicyclic amines) is 1. The monoisotopic (exact) mass is 559 g/mol. The normalized spacial score (nSPS) is 23.2. The Balaban J connectivity index is 1.16. The van der Waals surface area contributed by atoms with Gasteiger partial charge in [-0.25, -0.2) is 19.6 Å². The SMILES string of the molecule is O=C(N[C@@H]1CC[C@@H](C2CCCCC2)Cn2c(CC(F)(F)F)cnc21)N1CCC(n2c(=O)[nH]c3ncccc32)CC1. The fourth-order valence-electron chi connectivity index (χ4n) is 7.11. The Hall–Kier alpha value is -3.31. The molecular weight excluding hydrogens is 523 g/mol. The molecule has 0 radical (unpaired) electrons. The summed E-state index contributed by atoms with van der Waals surface area (Å²) in [6.45, 7) is 1.47. The molecule has 2 N–H and O–H groups in total. The predicted molar refractivity (Wildman–Crippen MR) is 143 cm³/mol. The first-order valence-corrected chi connectivity index (χ1v) is 14.5. The number of aromatic amines is 1. The highest BCUT2D eigenvalue weighted by Crippen LogP contribution is 2.38. The molecule has 3 aliphatic rings. The number of urea groups is 1. The van der Waals surface area contributed by atoms with Gasteiger partial charge in [0.25, 0.3) is 0 Å². The molecule has 2 aliphatic heterocycles. The standard InChI is InChI=1S/C28H36F3N7O2/c29-28(30,31)15-21-16-33-25-22(9-8-19(17-37(21)25)18-5-2-1-3-6-18)34-26(39)36-13-10-20(11-14-36)38-23-7-4-12-32-24(23)35-27(38)40/h4,7,12,16,18-20,22H,1-3,5-6,8-11,13-15,17H2,(H,34,39)(H,32,35,40)/t19-,22-/m1/s1. The number of fused-ring (bicyclic) bond motifs is 2. The lowest BCUT2D eigenvalue weighted by Gasteiger charge is -2.33. The summed E-state index contributed by atoms with van der Waals surface area (Å²) in [6.07, 6.45) is 6.17. The fourth-order valence-corrected chi connectivity index (χ4v) is 7.11. The van der Waals surface area contributed by atoms with E-state index >= 15 is 0 Å². The van der Waals surface area contributed by atoms with Crippen molar-refractivity contribution in [1.82, 2.24) is 34.3 Å². The molecule has 3 aromatic heterocycles. The smallest absolute Gasteiger partial charge is 0.330 e. The number of nitrogens with one attached hydrogen (secondary N) is 2. The van der Waals surface area contributed by atoms with Gasteiger partial charge < -0.3 is 14.8 Å². The number of amides is 2. The van der Waals surface area contributed by atoms with Crippen LogP contribution in [0, 0.1) is 11.8 Å². The van der Waals surface area contributed by atoms with Crippen LogP contribution in [0.3, 0.4) is 0 Å². The third kappa shape index (κ3) is 5.49. The van der Waals surface area contributed by atoms with Gasteiger partial charge >= 0.3 is 17.9 Å². The van der Waals surface area contributed by atoms with Crippen LogP contribution >= 0.6 is 0 Å². The quantitative estimate of drug-likeness (QED) is 0.464. The van der Waals surface area contributed by atoms with E-state index in [-0.39, 0.29) is 29.4 Å². The van der Waals surface area contributed by atoms with Crippen molar-refractivity contribution in [2.24, 2.45) is 11.8 Å². The number of nitrogens with zero attached hydrogens (tertiary/aromatic N) is 5. The van der Waals surface area contributed by atoms with E-state index in [0.29, 0.717) is 56.3 Å². The van der Waals surface area contributed by atoms with Crippen molar-refractivity contribution in [2.75, 3.05) is 13.1 Å². The first-order valence-electron chi connectivity index (χ1n) is 14.5. The van der Waals surface area contributed by atoms with Crippen LogP contribution in [-0.2, 0) is 13.0 Å². The van der Waals surface area contributed by atoms with E-state index in [2.05, 4.69) is 20.3 Å². The molecule has 2 atom stereocenters. The van der Waals surface area contributed by atoms with Crippen LogP contribution in [0.4, 0.5) is 18.0 Å². The number of carbonyl (C=O) groups is 1. The molecule has 0 unspecified atom stereocenters. The maximum atomic E-state index is 13.4. The molecule has 0 aromatic carbocycles. The average Bonchev–Trinajstić information content (AvgIpc) is 3.42. The lowest BCUT2D eigenvalue weighted by atomic mass is 9.78. The van der Waals surface area contributed by atoms with Crippen LogP contribution in [0.5, 0.6) is 0 Å². The van der Waals surface area contributed by atoms with Crippen molar-refractivity contribution in [2.45, 2.75) is 89.0 Å². The van der Waals surface area contributed by atoms with Gasteiger partial charge in [-0.1, -0.05) is 32.1 Å². The van der Waals surface area contributed by atoms with Crippen molar-refractivity contribution in [1.29, 1.82) is 0 Å². The minimum Gasteiger partial charge on any atom is -0.330 e. The van der Waals surface area contributed by atoms with Gasteiger partial charge in [0.2, 0.25) is 0 Å². The molecular formula is C28H36F3N7O2. The fraction of sp³-hybridized carbons (Fsp3) is 0.643. The minimum atomic E-state index is -4.32. The highest BCUT2D eigenvalue weighted by Gasteiger charge is 2.36. The first-order chi connectivity index (χ1) is 19.3. The molecule has 0 bridgehead atoms. The second kappa shape index (κ2) is 10.9. The number of hydrogen-bond donors (Lipinski definition) is 2. The molecule has 2 fully saturated rings. The number of imidazole rings is 2. The summed E-state index contributed by atoms with van der Waals surface area (Å²) in [5.41, 5.74) is 1.27. The summed E-state index contributed by atoms with van der Waals surface area (Å²) in [5.74, 6) is 1.31. The predicted octanol–water partition coefficient (Wildman–Crippen LogP) is 5.10. The average molecular weight is 560 g/mol. The van der Waals surface area contributed by atoms with Gasteiger partial charge in [0, 0.05) is 43.8 Å². The first kappa shape index (κ1) is 26.9. The highest BCUT2D eigenvalue weighted by atomic mass is 19.4. The van der Waals surface area contributed by atoms with Gasteiger partial charge in [-0.2, -0.15) is 13.2 Å². The van der Waals surface area contributed by atoms with Crippen LogP contribution in [-0.4, -0.2) is 54.3 Å². The molecule has 0 spiro atoms. The van der Waals surface area contributed by atoms with Crippen LogP contribution < -0.4 is 11.0 Å². The van der Waals surface area contributed by atoms with Crippen molar-refractivity contribution in [3.05, 3.63) is 46.5 Å². The molecule has 2 amide bonds. The number of pyridine rings is 1. The maximum absolute atomic E-state index is 13.4. The summed E-state index contributed by atoms with van der Waals surface area (Å²) >= 11 is 0. The van der Waals surface area contributed by atoms with E-state index in [9.17, 15) is 22.8 Å². The van der Waals surface area contributed by atoms with Gasteiger partial charge in [0.15, 0.2) is 5.65 Å². The summed E-state index contributed by atoms with van der Waals surface area (Å²) < 4.78 is 43.7. The summed E-state index contributed by atoms with van der Waals surface area (Å²) in [7, 11) is 0. The molecule has 12 heteroatoms. The number of aromatic nitrogens is 5. The van der Waals surface area contributed by atoms with Crippen molar-refractivity contribution in [3.8, 4) is 0 Å². The van der Waals surface area contributed by atoms with Crippen molar-refractivity contribution < 1.29 is 18.0 Å². The minimum absolute atomic E-state index is 0.0487. The Morgan fingerprint density at radius 3 is 2.55 bits per heavy atom. The molecule has 40 heavy (non-hydrogen) atoms. The maximum Gasteiger partial charge on any atom is 0.394 e. The molecule has 6 rings (SSSR count). The summed E-state index contributed by atoms with van der Waals surface area (Å²) in [5, 5.41) is 3.11. The van der Waals surface area contributed by atoms with E-state index in [1.54, 1.807) is 26.3 Å². The Morgan fingerprint density at radius 2 is 1.80 bits per heavy atom. The number of H-pyrrole nitrogens is 1. The Labute approximate surface area is 230 Å². The van der Waals surface area contributed by atoms with Crippen LogP contribution in [0.25, 0.3) is 11.2 Å². The van der Waals surface area contributed by atoms with Crippen LogP contribution in [0.2, 0.25) is 0 Å². The topological polar surface area (TPSA) is 101 Å². The largest absolute Gasteiger partial charge is 0.394 e. The highest BCUT2D eigenvalue weighted by molar-refractivity contribution is 5.75. The molecule has 9 nitrogen and oxygen atoms in total. The molecule has 1 aliphatic carbocycles. The van der Waals surface area contributed by atoms with E-state index in [1.165, 1.54) is 25.5 Å². The van der Waals surface area contributed by atoms with Crippen LogP contribution in [0.15, 0.2) is 29.3 Å². The number of rotatable bonds is 4. The van der Waals surface area contributed by atoms with Gasteiger partial charge in [-0.3, -0.25) is 9.55 Å². The van der Waals surface area contributed by atoms with Gasteiger partial charge in [-0.05, 0) is 49.7 Å². The zero-order chi connectivity index (χ0) is 27.9. The van der Waals surface area contributed by atoms with Gasteiger partial charge in [0.05, 0.1) is 18.0 Å². The second-order valence-corrected chi connectivity index (χ2v) is 11.6.